The van der Waals surface area contributed by atoms with E-state index in [-0.39, 0.29) is 11.3 Å². The van der Waals surface area contributed by atoms with Gasteiger partial charge in [-0.05, 0) is 43.5 Å². The summed E-state index contributed by atoms with van der Waals surface area (Å²) < 4.78 is 2.09. The molecule has 0 amide bonds. The van der Waals surface area contributed by atoms with E-state index in [4.69, 9.17) is 5.11 Å². The molecule has 2 N–H and O–H groups in total. The molecule has 0 saturated carbocycles. The van der Waals surface area contributed by atoms with Gasteiger partial charge in [0.25, 0.3) is 0 Å². The Labute approximate surface area is 141 Å². The van der Waals surface area contributed by atoms with Gasteiger partial charge in [-0.3, -0.25) is 4.90 Å². The third kappa shape index (κ3) is 3.94. The summed E-state index contributed by atoms with van der Waals surface area (Å²) in [7, 11) is 0. The van der Waals surface area contributed by atoms with Crippen LogP contribution in [0.15, 0.2) is 36.9 Å². The van der Waals surface area contributed by atoms with Crippen molar-refractivity contribution in [2.45, 2.75) is 44.8 Å². The number of hydrogen-bond acceptors (Lipinski definition) is 4. The molecule has 0 spiro atoms. The summed E-state index contributed by atoms with van der Waals surface area (Å²) in [6.07, 6.45) is 10.2. The Kier molecular flexibility index (Phi) is 5.15. The molecule has 1 aromatic carbocycles. The van der Waals surface area contributed by atoms with E-state index in [0.29, 0.717) is 6.04 Å². The first-order valence-electron chi connectivity index (χ1n) is 8.38. The molecule has 128 valence electrons. The van der Waals surface area contributed by atoms with Crippen LogP contribution in [0.3, 0.4) is 0 Å². The first kappa shape index (κ1) is 16.5. The number of carbonyl (C=O) groups is 1. The van der Waals surface area contributed by atoms with Gasteiger partial charge in [0.1, 0.15) is 11.3 Å². The predicted molar refractivity (Wildman–Crippen MR) is 90.0 cm³/mol. The number of benzene rings is 1. The highest BCUT2D eigenvalue weighted by Gasteiger charge is 2.23. The largest absolute Gasteiger partial charge is 0.507 e. The van der Waals surface area contributed by atoms with Crippen molar-refractivity contribution < 1.29 is 15.0 Å². The van der Waals surface area contributed by atoms with E-state index in [0.717, 1.165) is 31.6 Å². The monoisotopic (exact) mass is 329 g/mol. The van der Waals surface area contributed by atoms with Gasteiger partial charge in [0.05, 0.1) is 6.33 Å². The van der Waals surface area contributed by atoms with Crippen molar-refractivity contribution in [2.24, 2.45) is 0 Å². The SMILES string of the molecule is O=C(O)c1cc(CN2CCCC[C@@H]2CCn2ccnc2)ccc1O. The van der Waals surface area contributed by atoms with Crippen molar-refractivity contribution in [3.8, 4) is 5.75 Å². The molecule has 0 unspecified atom stereocenters. The zero-order chi connectivity index (χ0) is 16.9. The first-order chi connectivity index (χ1) is 11.6. The molecule has 6 heteroatoms. The van der Waals surface area contributed by atoms with Crippen LogP contribution < -0.4 is 0 Å². The fourth-order valence-corrected chi connectivity index (χ4v) is 3.40. The minimum absolute atomic E-state index is 0.0283. The molecule has 1 atom stereocenters. The van der Waals surface area contributed by atoms with Gasteiger partial charge in [0, 0.05) is 31.5 Å². The van der Waals surface area contributed by atoms with Crippen LogP contribution in [-0.4, -0.2) is 43.2 Å². The molecule has 1 saturated heterocycles. The number of nitrogens with zero attached hydrogens (tertiary/aromatic N) is 3. The van der Waals surface area contributed by atoms with Crippen molar-refractivity contribution in [2.75, 3.05) is 6.54 Å². The van der Waals surface area contributed by atoms with Gasteiger partial charge >= 0.3 is 5.97 Å². The minimum Gasteiger partial charge on any atom is -0.507 e. The molecule has 1 aliphatic heterocycles. The van der Waals surface area contributed by atoms with E-state index in [2.05, 4.69) is 14.5 Å². The number of phenols is 1. The Morgan fingerprint density at radius 3 is 2.96 bits per heavy atom. The molecule has 1 aromatic heterocycles. The summed E-state index contributed by atoms with van der Waals surface area (Å²) in [5, 5.41) is 18.8. The molecule has 2 heterocycles. The smallest absolute Gasteiger partial charge is 0.339 e. The number of aromatic hydroxyl groups is 1. The fourth-order valence-electron chi connectivity index (χ4n) is 3.40. The van der Waals surface area contributed by atoms with Crippen LogP contribution >= 0.6 is 0 Å². The number of rotatable bonds is 6. The quantitative estimate of drug-likeness (QED) is 0.852. The standard InChI is InChI=1S/C18H23N3O3/c22-17-5-4-14(11-16(17)18(23)24)12-21-8-2-1-3-15(21)6-9-20-10-7-19-13-20/h4-5,7,10-11,13,15,22H,1-3,6,8-9,12H2,(H,23,24)/t15-/m1/s1. The number of carboxylic acid groups (broad SMARTS) is 1. The number of aromatic nitrogens is 2. The minimum atomic E-state index is -1.09. The summed E-state index contributed by atoms with van der Waals surface area (Å²) in [4.78, 5) is 17.7. The molecule has 1 aliphatic rings. The van der Waals surface area contributed by atoms with Crippen LogP contribution in [0.1, 0.15) is 41.6 Å². The molecule has 0 bridgehead atoms. The van der Waals surface area contributed by atoms with E-state index in [1.165, 1.54) is 25.3 Å². The first-order valence-corrected chi connectivity index (χ1v) is 8.38. The number of aromatic carboxylic acids is 1. The maximum absolute atomic E-state index is 11.2. The lowest BCUT2D eigenvalue weighted by Gasteiger charge is -2.36. The second-order valence-electron chi connectivity index (χ2n) is 6.37. The fraction of sp³-hybridized carbons (Fsp3) is 0.444. The third-order valence-corrected chi connectivity index (χ3v) is 4.71. The molecular weight excluding hydrogens is 306 g/mol. The van der Waals surface area contributed by atoms with Crippen LogP contribution in [-0.2, 0) is 13.1 Å². The number of likely N-dealkylation sites (tertiary alicyclic amines) is 1. The highest BCUT2D eigenvalue weighted by Crippen LogP contribution is 2.25. The Balaban J connectivity index is 1.67. The molecule has 0 aliphatic carbocycles. The Morgan fingerprint density at radius 1 is 1.33 bits per heavy atom. The Bertz CT molecular complexity index is 685. The van der Waals surface area contributed by atoms with E-state index < -0.39 is 5.97 Å². The number of piperidine rings is 1. The summed E-state index contributed by atoms with van der Waals surface area (Å²) in [6.45, 7) is 2.68. The van der Waals surface area contributed by atoms with Crippen LogP contribution in [0.2, 0.25) is 0 Å². The topological polar surface area (TPSA) is 78.6 Å². The van der Waals surface area contributed by atoms with Gasteiger partial charge in [0.2, 0.25) is 0 Å². The highest BCUT2D eigenvalue weighted by atomic mass is 16.4. The van der Waals surface area contributed by atoms with E-state index in [9.17, 15) is 9.90 Å². The molecule has 3 rings (SSSR count). The Hall–Kier alpha value is -2.34. The summed E-state index contributed by atoms with van der Waals surface area (Å²) in [6, 6.07) is 5.36. The van der Waals surface area contributed by atoms with E-state index in [1.807, 2.05) is 18.6 Å². The summed E-state index contributed by atoms with van der Waals surface area (Å²) >= 11 is 0. The second kappa shape index (κ2) is 7.49. The number of carboxylic acids is 1. The molecule has 2 aromatic rings. The molecule has 24 heavy (non-hydrogen) atoms. The van der Waals surface area contributed by atoms with Crippen molar-refractivity contribution in [3.05, 3.63) is 48.0 Å². The van der Waals surface area contributed by atoms with Gasteiger partial charge in [-0.2, -0.15) is 0 Å². The summed E-state index contributed by atoms with van der Waals surface area (Å²) in [5.41, 5.74) is 0.902. The molecule has 0 radical (unpaired) electrons. The average Bonchev–Trinajstić information content (AvgIpc) is 3.09. The van der Waals surface area contributed by atoms with Gasteiger partial charge in [-0.25, -0.2) is 9.78 Å². The zero-order valence-corrected chi connectivity index (χ0v) is 13.6. The molecular formula is C18H23N3O3. The number of imidazole rings is 1. The predicted octanol–water partition coefficient (Wildman–Crippen LogP) is 2.73. The van der Waals surface area contributed by atoms with Gasteiger partial charge in [0.15, 0.2) is 0 Å². The summed E-state index contributed by atoms with van der Waals surface area (Å²) in [5.74, 6) is -1.27. The average molecular weight is 329 g/mol. The highest BCUT2D eigenvalue weighted by molar-refractivity contribution is 5.90. The van der Waals surface area contributed by atoms with Crippen molar-refractivity contribution in [3.63, 3.8) is 0 Å². The van der Waals surface area contributed by atoms with E-state index >= 15 is 0 Å². The van der Waals surface area contributed by atoms with E-state index in [1.54, 1.807) is 12.3 Å². The lowest BCUT2D eigenvalue weighted by Crippen LogP contribution is -2.39. The van der Waals surface area contributed by atoms with Crippen LogP contribution in [0.25, 0.3) is 0 Å². The van der Waals surface area contributed by atoms with Crippen LogP contribution in [0.4, 0.5) is 0 Å². The van der Waals surface area contributed by atoms with Gasteiger partial charge in [-0.1, -0.05) is 12.5 Å². The maximum atomic E-state index is 11.2. The zero-order valence-electron chi connectivity index (χ0n) is 13.6. The normalized spacial score (nSPS) is 18.6. The number of hydrogen-bond donors (Lipinski definition) is 2. The van der Waals surface area contributed by atoms with Crippen molar-refractivity contribution in [1.29, 1.82) is 0 Å². The third-order valence-electron chi connectivity index (χ3n) is 4.71. The molecule has 6 nitrogen and oxygen atoms in total. The van der Waals surface area contributed by atoms with Gasteiger partial charge < -0.3 is 14.8 Å². The lowest BCUT2D eigenvalue weighted by atomic mass is 9.98. The number of aryl methyl sites for hydroxylation is 1. The van der Waals surface area contributed by atoms with Crippen LogP contribution in [0, 0.1) is 0 Å². The second-order valence-corrected chi connectivity index (χ2v) is 6.37. The molecule has 1 fully saturated rings. The lowest BCUT2D eigenvalue weighted by molar-refractivity contribution is 0.0693. The Morgan fingerprint density at radius 2 is 2.21 bits per heavy atom. The van der Waals surface area contributed by atoms with Crippen LogP contribution in [0.5, 0.6) is 5.75 Å². The van der Waals surface area contributed by atoms with Crippen molar-refractivity contribution in [1.82, 2.24) is 14.5 Å². The maximum Gasteiger partial charge on any atom is 0.339 e. The van der Waals surface area contributed by atoms with Crippen molar-refractivity contribution >= 4 is 5.97 Å². The van der Waals surface area contributed by atoms with Gasteiger partial charge in [-0.15, -0.1) is 0 Å².